The van der Waals surface area contributed by atoms with E-state index < -0.39 is 12.0 Å². The minimum Gasteiger partial charge on any atom is -0.467 e. The number of rotatable bonds is 6. The lowest BCUT2D eigenvalue weighted by Gasteiger charge is -2.15. The Morgan fingerprint density at radius 3 is 2.91 bits per heavy atom. The lowest BCUT2D eigenvalue weighted by atomic mass is 10.1. The van der Waals surface area contributed by atoms with Gasteiger partial charge in [0.25, 0.3) is 5.91 Å². The first kappa shape index (κ1) is 15.7. The normalized spacial score (nSPS) is 11.7. The third-order valence-corrected chi connectivity index (χ3v) is 3.30. The number of amides is 1. The largest absolute Gasteiger partial charge is 0.467 e. The number of para-hydroxylation sites is 1. The van der Waals surface area contributed by atoms with E-state index in [4.69, 9.17) is 4.74 Å². The van der Waals surface area contributed by atoms with Gasteiger partial charge in [-0.1, -0.05) is 24.3 Å². The summed E-state index contributed by atoms with van der Waals surface area (Å²) in [6.07, 6.45) is 4.25. The summed E-state index contributed by atoms with van der Waals surface area (Å²) in [5, 5.41) is 3.55. The fourth-order valence-electron chi connectivity index (χ4n) is 2.11. The first-order chi connectivity index (χ1) is 10.7. The van der Waals surface area contributed by atoms with Crippen molar-refractivity contribution in [3.63, 3.8) is 0 Å². The smallest absolute Gasteiger partial charge is 0.328 e. The monoisotopic (exact) mass is 298 g/mol. The number of esters is 1. The van der Waals surface area contributed by atoms with Crippen LogP contribution in [-0.4, -0.2) is 30.0 Å². The van der Waals surface area contributed by atoms with Gasteiger partial charge in [-0.05, 0) is 25.0 Å². The molecule has 2 aromatic rings. The summed E-state index contributed by atoms with van der Waals surface area (Å²) in [5.74, 6) is -0.818. The molecule has 0 aliphatic carbocycles. The Bertz CT molecular complexity index is 697. The van der Waals surface area contributed by atoms with Crippen LogP contribution in [0.1, 0.15) is 23.2 Å². The van der Waals surface area contributed by atoms with Crippen molar-refractivity contribution in [2.75, 3.05) is 7.11 Å². The molecule has 0 unspecified atom stereocenters. The quantitative estimate of drug-likeness (QED) is 0.657. The van der Waals surface area contributed by atoms with E-state index in [2.05, 4.69) is 16.9 Å². The van der Waals surface area contributed by atoms with Crippen LogP contribution in [-0.2, 0) is 9.53 Å². The van der Waals surface area contributed by atoms with E-state index in [0.29, 0.717) is 18.4 Å². The average molecular weight is 298 g/mol. The Labute approximate surface area is 129 Å². The highest BCUT2D eigenvalue weighted by molar-refractivity contribution is 5.99. The maximum Gasteiger partial charge on any atom is 0.328 e. The van der Waals surface area contributed by atoms with Gasteiger partial charge in [0.15, 0.2) is 0 Å². The molecule has 0 bridgehead atoms. The Hall–Kier alpha value is -2.69. The molecule has 0 fully saturated rings. The maximum atomic E-state index is 12.3. The molecule has 5 nitrogen and oxygen atoms in total. The van der Waals surface area contributed by atoms with Crippen molar-refractivity contribution in [3.8, 4) is 0 Å². The van der Waals surface area contributed by atoms with Crippen LogP contribution < -0.4 is 5.32 Å². The number of methoxy groups -OCH3 is 1. The minimum atomic E-state index is -0.693. The molecule has 1 aromatic heterocycles. The Morgan fingerprint density at radius 1 is 1.41 bits per heavy atom. The van der Waals surface area contributed by atoms with Crippen molar-refractivity contribution in [3.05, 3.63) is 54.7 Å². The Morgan fingerprint density at radius 2 is 2.18 bits per heavy atom. The Kier molecular flexibility index (Phi) is 5.25. The molecule has 2 rings (SSSR count). The van der Waals surface area contributed by atoms with Gasteiger partial charge in [-0.2, -0.15) is 0 Å². The molecular formula is C17H18N2O3. The SMILES string of the molecule is C=CCC[C@@H](NC(=O)c1cnc2ccccc2c1)C(=O)OC. The van der Waals surface area contributed by atoms with E-state index in [1.54, 1.807) is 12.1 Å². The Balaban J connectivity index is 2.16. The van der Waals surface area contributed by atoms with Crippen LogP contribution in [0.3, 0.4) is 0 Å². The summed E-state index contributed by atoms with van der Waals surface area (Å²) in [6, 6.07) is 8.58. The van der Waals surface area contributed by atoms with Crippen LogP contribution in [0.25, 0.3) is 10.9 Å². The van der Waals surface area contributed by atoms with Crippen molar-refractivity contribution in [1.82, 2.24) is 10.3 Å². The predicted octanol–water partition coefficient (Wildman–Crippen LogP) is 2.47. The fraction of sp³-hybridized carbons (Fsp3) is 0.235. The number of benzene rings is 1. The molecule has 0 aliphatic rings. The predicted molar refractivity (Wildman–Crippen MR) is 84.4 cm³/mol. The topological polar surface area (TPSA) is 68.3 Å². The second kappa shape index (κ2) is 7.36. The zero-order valence-corrected chi connectivity index (χ0v) is 12.4. The molecule has 1 heterocycles. The highest BCUT2D eigenvalue weighted by Gasteiger charge is 2.21. The van der Waals surface area contributed by atoms with Gasteiger partial charge >= 0.3 is 5.97 Å². The summed E-state index contributed by atoms with van der Waals surface area (Å²) in [7, 11) is 1.30. The van der Waals surface area contributed by atoms with Gasteiger partial charge in [0.1, 0.15) is 6.04 Å². The van der Waals surface area contributed by atoms with Gasteiger partial charge in [0.05, 0.1) is 18.2 Å². The molecule has 1 amide bonds. The fourth-order valence-corrected chi connectivity index (χ4v) is 2.11. The van der Waals surface area contributed by atoms with Gasteiger partial charge < -0.3 is 10.1 Å². The molecule has 22 heavy (non-hydrogen) atoms. The van der Waals surface area contributed by atoms with E-state index in [1.165, 1.54) is 13.3 Å². The molecule has 0 saturated heterocycles. The second-order valence-electron chi connectivity index (χ2n) is 4.83. The second-order valence-corrected chi connectivity index (χ2v) is 4.83. The van der Waals surface area contributed by atoms with Crippen LogP contribution in [0.4, 0.5) is 0 Å². The summed E-state index contributed by atoms with van der Waals surface area (Å²) in [5.41, 5.74) is 1.22. The molecule has 1 N–H and O–H groups in total. The van der Waals surface area contributed by atoms with Gasteiger partial charge in [-0.15, -0.1) is 6.58 Å². The third kappa shape index (κ3) is 3.69. The third-order valence-electron chi connectivity index (χ3n) is 3.30. The lowest BCUT2D eigenvalue weighted by Crippen LogP contribution is -2.41. The highest BCUT2D eigenvalue weighted by Crippen LogP contribution is 2.13. The maximum absolute atomic E-state index is 12.3. The number of nitrogens with one attached hydrogen (secondary N) is 1. The molecule has 0 spiro atoms. The van der Waals surface area contributed by atoms with Gasteiger partial charge in [-0.25, -0.2) is 4.79 Å². The van der Waals surface area contributed by atoms with Crippen molar-refractivity contribution in [1.29, 1.82) is 0 Å². The van der Waals surface area contributed by atoms with Crippen molar-refractivity contribution < 1.29 is 14.3 Å². The van der Waals surface area contributed by atoms with Crippen LogP contribution in [0.2, 0.25) is 0 Å². The first-order valence-electron chi connectivity index (χ1n) is 7.00. The number of ether oxygens (including phenoxy) is 1. The number of hydrogen-bond donors (Lipinski definition) is 1. The van der Waals surface area contributed by atoms with E-state index in [9.17, 15) is 9.59 Å². The van der Waals surface area contributed by atoms with E-state index >= 15 is 0 Å². The standard InChI is InChI=1S/C17H18N2O3/c1-3-4-8-15(17(21)22-2)19-16(20)13-10-12-7-5-6-9-14(12)18-11-13/h3,5-7,9-11,15H,1,4,8H2,2H3,(H,19,20)/t15-/m1/s1. The summed E-state index contributed by atoms with van der Waals surface area (Å²) >= 11 is 0. The first-order valence-corrected chi connectivity index (χ1v) is 7.00. The molecule has 5 heteroatoms. The summed E-state index contributed by atoms with van der Waals surface area (Å²) < 4.78 is 4.71. The number of carbonyl (C=O) groups is 2. The van der Waals surface area contributed by atoms with Crippen molar-refractivity contribution in [2.24, 2.45) is 0 Å². The highest BCUT2D eigenvalue weighted by atomic mass is 16.5. The lowest BCUT2D eigenvalue weighted by molar-refractivity contribution is -0.143. The average Bonchev–Trinajstić information content (AvgIpc) is 2.57. The number of nitrogens with zero attached hydrogens (tertiary/aromatic N) is 1. The molecule has 0 radical (unpaired) electrons. The number of allylic oxidation sites excluding steroid dienone is 1. The molecule has 114 valence electrons. The number of fused-ring (bicyclic) bond motifs is 1. The van der Waals surface area contributed by atoms with Gasteiger partial charge in [0, 0.05) is 11.6 Å². The van der Waals surface area contributed by atoms with Crippen LogP contribution in [0.5, 0.6) is 0 Å². The number of aromatic nitrogens is 1. The zero-order valence-electron chi connectivity index (χ0n) is 12.4. The molecule has 1 aromatic carbocycles. The van der Waals surface area contributed by atoms with Crippen molar-refractivity contribution in [2.45, 2.75) is 18.9 Å². The molecule has 1 atom stereocenters. The van der Waals surface area contributed by atoms with E-state index in [0.717, 1.165) is 10.9 Å². The molecular weight excluding hydrogens is 280 g/mol. The van der Waals surface area contributed by atoms with Crippen LogP contribution in [0.15, 0.2) is 49.2 Å². The number of carbonyl (C=O) groups excluding carboxylic acids is 2. The van der Waals surface area contributed by atoms with Crippen LogP contribution >= 0.6 is 0 Å². The van der Waals surface area contributed by atoms with E-state index in [1.807, 2.05) is 24.3 Å². The number of pyridine rings is 1. The van der Waals surface area contributed by atoms with Gasteiger partial charge in [0.2, 0.25) is 0 Å². The van der Waals surface area contributed by atoms with Crippen molar-refractivity contribution >= 4 is 22.8 Å². The summed E-state index contributed by atoms with van der Waals surface area (Å²) in [4.78, 5) is 28.3. The van der Waals surface area contributed by atoms with E-state index in [-0.39, 0.29) is 5.91 Å². The zero-order chi connectivity index (χ0) is 15.9. The minimum absolute atomic E-state index is 0.349. The van der Waals surface area contributed by atoms with Crippen LogP contribution in [0, 0.1) is 0 Å². The molecule has 0 saturated carbocycles. The number of hydrogen-bond acceptors (Lipinski definition) is 4. The van der Waals surface area contributed by atoms with Gasteiger partial charge in [-0.3, -0.25) is 9.78 Å². The molecule has 0 aliphatic heterocycles. The summed E-state index contributed by atoms with van der Waals surface area (Å²) in [6.45, 7) is 3.61.